The molecule has 2 aromatic heterocycles. The van der Waals surface area contributed by atoms with Gasteiger partial charge in [-0.2, -0.15) is 5.10 Å². The van der Waals surface area contributed by atoms with Crippen LogP contribution in [0.15, 0.2) is 40.5 Å². The maximum atomic E-state index is 12.0. The van der Waals surface area contributed by atoms with E-state index in [0.29, 0.717) is 16.8 Å². The van der Waals surface area contributed by atoms with Gasteiger partial charge in [-0.3, -0.25) is 9.48 Å². The highest BCUT2D eigenvalue weighted by atomic mass is 127. The standard InChI is InChI=1S/C14H9IN2O3S/c15-9-3-1-8(2-4-9)7-17-10-5-6-21-13(10)12(18)11(16-17)14(19)20/h1-6H,7H2,(H,19,20). The average Bonchev–Trinajstić information content (AvgIpc) is 2.94. The Morgan fingerprint density at radius 1 is 1.29 bits per heavy atom. The lowest BCUT2D eigenvalue weighted by atomic mass is 10.2. The van der Waals surface area contributed by atoms with Crippen LogP contribution in [0, 0.1) is 3.57 Å². The van der Waals surface area contributed by atoms with Crippen molar-refractivity contribution >= 4 is 50.1 Å². The number of carboxylic acid groups (broad SMARTS) is 1. The first-order chi connectivity index (χ1) is 10.1. The van der Waals surface area contributed by atoms with E-state index in [1.165, 1.54) is 11.3 Å². The Bertz CT molecular complexity index is 883. The molecule has 1 N–H and O–H groups in total. The first kappa shape index (κ1) is 14.2. The number of carbonyl (C=O) groups is 1. The summed E-state index contributed by atoms with van der Waals surface area (Å²) in [4.78, 5) is 23.2. The van der Waals surface area contributed by atoms with Gasteiger partial charge in [0.1, 0.15) is 4.70 Å². The van der Waals surface area contributed by atoms with Crippen LogP contribution in [-0.2, 0) is 6.54 Å². The zero-order valence-electron chi connectivity index (χ0n) is 10.6. The average molecular weight is 412 g/mol. The van der Waals surface area contributed by atoms with Crippen LogP contribution in [0.2, 0.25) is 0 Å². The van der Waals surface area contributed by atoms with Gasteiger partial charge in [0.25, 0.3) is 0 Å². The van der Waals surface area contributed by atoms with Crippen molar-refractivity contribution in [2.24, 2.45) is 0 Å². The van der Waals surface area contributed by atoms with Crippen molar-refractivity contribution < 1.29 is 9.90 Å². The number of halogens is 1. The van der Waals surface area contributed by atoms with Crippen LogP contribution >= 0.6 is 33.9 Å². The second-order valence-electron chi connectivity index (χ2n) is 4.40. The Morgan fingerprint density at radius 2 is 2.00 bits per heavy atom. The van der Waals surface area contributed by atoms with Gasteiger partial charge in [-0.1, -0.05) is 12.1 Å². The number of hydrogen-bond acceptors (Lipinski definition) is 4. The fourth-order valence-corrected chi connectivity index (χ4v) is 3.22. The molecule has 0 atom stereocenters. The minimum Gasteiger partial charge on any atom is -0.476 e. The molecule has 0 spiro atoms. The Kier molecular flexibility index (Phi) is 3.77. The van der Waals surface area contributed by atoms with Gasteiger partial charge in [0.05, 0.1) is 12.1 Å². The van der Waals surface area contributed by atoms with Gasteiger partial charge in [0, 0.05) is 3.57 Å². The Labute approximate surface area is 137 Å². The largest absolute Gasteiger partial charge is 0.476 e. The van der Waals surface area contributed by atoms with Crippen LogP contribution in [0.5, 0.6) is 0 Å². The lowest BCUT2D eigenvalue weighted by Gasteiger charge is -2.08. The SMILES string of the molecule is O=C(O)c1nn(Cc2ccc(I)cc2)c2ccsc2c1=O. The molecule has 3 rings (SSSR count). The Morgan fingerprint density at radius 3 is 2.67 bits per heavy atom. The fraction of sp³-hybridized carbons (Fsp3) is 0.0714. The minimum atomic E-state index is -1.30. The summed E-state index contributed by atoms with van der Waals surface area (Å²) in [6, 6.07) is 9.65. The van der Waals surface area contributed by atoms with Gasteiger partial charge in [-0.15, -0.1) is 11.3 Å². The molecule has 2 heterocycles. The molecule has 0 unspecified atom stereocenters. The molecule has 21 heavy (non-hydrogen) atoms. The zero-order chi connectivity index (χ0) is 15.0. The van der Waals surface area contributed by atoms with Crippen LogP contribution in [-0.4, -0.2) is 20.9 Å². The Balaban J connectivity index is 2.15. The van der Waals surface area contributed by atoms with E-state index in [2.05, 4.69) is 27.7 Å². The second kappa shape index (κ2) is 5.57. The van der Waals surface area contributed by atoms with Gasteiger partial charge in [-0.25, -0.2) is 4.79 Å². The number of carboxylic acids is 1. The zero-order valence-corrected chi connectivity index (χ0v) is 13.6. The number of fused-ring (bicyclic) bond motifs is 1. The quantitative estimate of drug-likeness (QED) is 0.672. The third-order valence-electron chi connectivity index (χ3n) is 3.01. The summed E-state index contributed by atoms with van der Waals surface area (Å²) in [6.45, 7) is 0.421. The van der Waals surface area contributed by atoms with Crippen molar-refractivity contribution in [2.75, 3.05) is 0 Å². The van der Waals surface area contributed by atoms with Crippen LogP contribution in [0.1, 0.15) is 16.1 Å². The molecule has 0 aliphatic rings. The third-order valence-corrected chi connectivity index (χ3v) is 4.63. The smallest absolute Gasteiger partial charge is 0.360 e. The molecule has 0 radical (unpaired) electrons. The highest BCUT2D eigenvalue weighted by Crippen LogP contribution is 2.18. The van der Waals surface area contributed by atoms with E-state index >= 15 is 0 Å². The summed E-state index contributed by atoms with van der Waals surface area (Å²) in [5.41, 5.74) is 0.700. The summed E-state index contributed by atoms with van der Waals surface area (Å²) >= 11 is 3.45. The molecule has 106 valence electrons. The van der Waals surface area contributed by atoms with E-state index in [4.69, 9.17) is 5.11 Å². The maximum absolute atomic E-state index is 12.0. The molecule has 0 aliphatic heterocycles. The topological polar surface area (TPSA) is 72.2 Å². The number of rotatable bonds is 3. The molecule has 0 fully saturated rings. The molecular weight excluding hydrogens is 403 g/mol. The van der Waals surface area contributed by atoms with Crippen LogP contribution in [0.25, 0.3) is 10.2 Å². The molecule has 0 saturated carbocycles. The van der Waals surface area contributed by atoms with Crippen molar-refractivity contribution in [1.29, 1.82) is 0 Å². The summed E-state index contributed by atoms with van der Waals surface area (Å²) in [5, 5.41) is 14.9. The summed E-state index contributed by atoms with van der Waals surface area (Å²) < 4.78 is 3.11. The van der Waals surface area contributed by atoms with Gasteiger partial charge in [0.15, 0.2) is 0 Å². The number of aromatic carboxylic acids is 1. The van der Waals surface area contributed by atoms with E-state index in [-0.39, 0.29) is 0 Å². The third kappa shape index (κ3) is 2.70. The first-order valence-corrected chi connectivity index (χ1v) is 7.98. The van der Waals surface area contributed by atoms with Crippen molar-refractivity contribution in [2.45, 2.75) is 6.54 Å². The first-order valence-electron chi connectivity index (χ1n) is 6.02. The van der Waals surface area contributed by atoms with Crippen LogP contribution in [0.4, 0.5) is 0 Å². The van der Waals surface area contributed by atoms with Gasteiger partial charge >= 0.3 is 5.97 Å². The normalized spacial score (nSPS) is 10.9. The monoisotopic (exact) mass is 412 g/mol. The van der Waals surface area contributed by atoms with Crippen LogP contribution in [0.3, 0.4) is 0 Å². The maximum Gasteiger partial charge on any atom is 0.360 e. The molecular formula is C14H9IN2O3S. The van der Waals surface area contributed by atoms with Crippen LogP contribution < -0.4 is 5.43 Å². The minimum absolute atomic E-state index is 0.421. The predicted molar refractivity (Wildman–Crippen MR) is 89.1 cm³/mol. The lowest BCUT2D eigenvalue weighted by Crippen LogP contribution is -2.22. The number of nitrogens with zero attached hydrogens (tertiary/aromatic N) is 2. The van der Waals surface area contributed by atoms with Gasteiger partial charge in [-0.05, 0) is 51.7 Å². The molecule has 1 aromatic carbocycles. The van der Waals surface area contributed by atoms with Crippen molar-refractivity contribution in [3.8, 4) is 0 Å². The number of thiophene rings is 1. The van der Waals surface area contributed by atoms with E-state index in [9.17, 15) is 9.59 Å². The summed E-state index contributed by atoms with van der Waals surface area (Å²) in [5.74, 6) is -1.30. The van der Waals surface area contributed by atoms with E-state index in [0.717, 1.165) is 9.13 Å². The van der Waals surface area contributed by atoms with Crippen molar-refractivity contribution in [1.82, 2.24) is 9.78 Å². The molecule has 3 aromatic rings. The predicted octanol–water partition coefficient (Wildman–Crippen LogP) is 2.81. The van der Waals surface area contributed by atoms with Gasteiger partial charge in [0.2, 0.25) is 11.1 Å². The fourth-order valence-electron chi connectivity index (χ4n) is 2.03. The highest BCUT2D eigenvalue weighted by molar-refractivity contribution is 14.1. The number of benzene rings is 1. The summed E-state index contributed by atoms with van der Waals surface area (Å²) in [6.07, 6.45) is 0. The molecule has 0 amide bonds. The number of aromatic nitrogens is 2. The highest BCUT2D eigenvalue weighted by Gasteiger charge is 2.17. The van der Waals surface area contributed by atoms with Crippen molar-refractivity contribution in [3.63, 3.8) is 0 Å². The Hall–Kier alpha value is -1.74. The molecule has 5 nitrogen and oxygen atoms in total. The van der Waals surface area contributed by atoms with E-state index < -0.39 is 17.1 Å². The van der Waals surface area contributed by atoms with E-state index in [1.807, 2.05) is 24.3 Å². The van der Waals surface area contributed by atoms with E-state index in [1.54, 1.807) is 16.1 Å². The van der Waals surface area contributed by atoms with Gasteiger partial charge < -0.3 is 5.11 Å². The van der Waals surface area contributed by atoms with Crippen molar-refractivity contribution in [3.05, 3.63) is 60.8 Å². The second-order valence-corrected chi connectivity index (χ2v) is 6.56. The number of hydrogen-bond donors (Lipinski definition) is 1. The molecule has 0 aliphatic carbocycles. The molecule has 0 bridgehead atoms. The molecule has 7 heteroatoms. The lowest BCUT2D eigenvalue weighted by molar-refractivity contribution is 0.0686. The molecule has 0 saturated heterocycles. The summed E-state index contributed by atoms with van der Waals surface area (Å²) in [7, 11) is 0.